The number of hydrogen-bond acceptors (Lipinski definition) is 3. The molecule has 2 atom stereocenters. The van der Waals surface area contributed by atoms with Crippen molar-refractivity contribution in [2.24, 2.45) is 0 Å². The molecule has 0 spiro atoms. The van der Waals surface area contributed by atoms with Crippen molar-refractivity contribution in [1.82, 2.24) is 5.32 Å². The molecule has 0 aromatic rings. The van der Waals surface area contributed by atoms with Crippen molar-refractivity contribution in [2.75, 3.05) is 12.8 Å². The lowest BCUT2D eigenvalue weighted by molar-refractivity contribution is 0.534. The minimum Gasteiger partial charge on any atom is -0.306 e. The molecule has 9 heavy (non-hydrogen) atoms. The number of rotatable bonds is 2. The molecular formula is C6H10NOS. The molecule has 0 aliphatic carbocycles. The molecule has 0 saturated carbocycles. The van der Waals surface area contributed by atoms with Crippen LogP contribution in [0.3, 0.4) is 0 Å². The van der Waals surface area contributed by atoms with Crippen molar-refractivity contribution in [2.45, 2.75) is 17.7 Å². The number of hydrogen-bond donors (Lipinski definition) is 1. The van der Waals surface area contributed by atoms with Crippen molar-refractivity contribution in [1.29, 1.82) is 0 Å². The van der Waals surface area contributed by atoms with E-state index in [0.717, 1.165) is 13.0 Å². The Hall–Kier alpha value is -0.0200. The van der Waals surface area contributed by atoms with Gasteiger partial charge in [-0.1, -0.05) is 0 Å². The van der Waals surface area contributed by atoms with Gasteiger partial charge in [-0.15, -0.1) is 0 Å². The maximum Gasteiger partial charge on any atom is 0.216 e. The normalized spacial score (nSPS) is 34.8. The zero-order chi connectivity index (χ0) is 6.69. The summed E-state index contributed by atoms with van der Waals surface area (Å²) in [5, 5.41) is 3.68. The van der Waals surface area contributed by atoms with Gasteiger partial charge in [-0.25, -0.2) is 0 Å². The third-order valence-corrected chi connectivity index (χ3v) is 2.59. The van der Waals surface area contributed by atoms with Crippen molar-refractivity contribution >= 4 is 18.0 Å². The van der Waals surface area contributed by atoms with Crippen LogP contribution in [0.2, 0.25) is 0 Å². The lowest BCUT2D eigenvalue weighted by Gasteiger charge is -1.99. The maximum absolute atomic E-state index is 10.1. The van der Waals surface area contributed by atoms with Gasteiger partial charge in [0.15, 0.2) is 0 Å². The first-order chi connectivity index (χ1) is 4.36. The predicted octanol–water partition coefficient (Wildman–Crippen LogP) is 0.190. The molecule has 0 aromatic carbocycles. The highest BCUT2D eigenvalue weighted by atomic mass is 32.2. The molecule has 1 aliphatic heterocycles. The smallest absolute Gasteiger partial charge is 0.216 e. The van der Waals surface area contributed by atoms with Crippen molar-refractivity contribution in [3.63, 3.8) is 0 Å². The van der Waals surface area contributed by atoms with E-state index in [1.165, 1.54) is 0 Å². The average molecular weight is 144 g/mol. The number of carbonyl (C=O) groups excluding carboxylic acids is 1. The van der Waals surface area contributed by atoms with E-state index in [1.54, 1.807) is 0 Å². The van der Waals surface area contributed by atoms with E-state index in [1.807, 2.05) is 18.0 Å². The molecule has 2 nitrogen and oxygen atoms in total. The molecule has 1 unspecified atom stereocenters. The standard InChI is InChI=1S/C6H10NOS/c1-9-6-2-5(4-8)7-3-6/h5-7H,2-3H2,1H3/t5-,6?/m0/s1. The molecule has 0 aromatic heterocycles. The summed E-state index contributed by atoms with van der Waals surface area (Å²) in [6, 6.07) is 0.00227. The molecule has 1 aliphatic rings. The highest BCUT2D eigenvalue weighted by Crippen LogP contribution is 2.16. The highest BCUT2D eigenvalue weighted by Gasteiger charge is 2.22. The van der Waals surface area contributed by atoms with Crippen molar-refractivity contribution in [3.05, 3.63) is 0 Å². The van der Waals surface area contributed by atoms with Gasteiger partial charge in [0.2, 0.25) is 6.29 Å². The quantitative estimate of drug-likeness (QED) is 0.600. The average Bonchev–Trinajstić information content (AvgIpc) is 2.34. The SMILES string of the molecule is CSC1CN[C@H]([C]=O)C1. The third kappa shape index (κ3) is 1.69. The molecule has 3 heteroatoms. The predicted molar refractivity (Wildman–Crippen MR) is 39.4 cm³/mol. The highest BCUT2D eigenvalue weighted by molar-refractivity contribution is 7.99. The Labute approximate surface area is 59.4 Å². The third-order valence-electron chi connectivity index (χ3n) is 1.57. The van der Waals surface area contributed by atoms with E-state index in [-0.39, 0.29) is 6.04 Å². The largest absolute Gasteiger partial charge is 0.306 e. The fourth-order valence-corrected chi connectivity index (χ4v) is 1.62. The van der Waals surface area contributed by atoms with E-state index >= 15 is 0 Å². The van der Waals surface area contributed by atoms with Crippen LogP contribution in [0.25, 0.3) is 0 Å². The Morgan fingerprint density at radius 2 is 2.56 bits per heavy atom. The number of nitrogens with one attached hydrogen (secondary N) is 1. The van der Waals surface area contributed by atoms with Crippen LogP contribution >= 0.6 is 11.8 Å². The second-order valence-electron chi connectivity index (χ2n) is 2.17. The van der Waals surface area contributed by atoms with Gasteiger partial charge in [0.05, 0.1) is 6.04 Å². The molecule has 1 heterocycles. The molecule has 0 bridgehead atoms. The van der Waals surface area contributed by atoms with Crippen LogP contribution in [-0.4, -0.2) is 30.4 Å². The molecule has 51 valence electrons. The Bertz CT molecular complexity index is 107. The lowest BCUT2D eigenvalue weighted by atomic mass is 10.2. The second-order valence-corrected chi connectivity index (χ2v) is 3.31. The molecular weight excluding hydrogens is 134 g/mol. The lowest BCUT2D eigenvalue weighted by Crippen LogP contribution is -2.22. The Balaban J connectivity index is 2.28. The summed E-state index contributed by atoms with van der Waals surface area (Å²) in [4.78, 5) is 10.1. The Kier molecular flexibility index (Phi) is 2.54. The van der Waals surface area contributed by atoms with Crippen LogP contribution in [-0.2, 0) is 4.79 Å². The first-order valence-corrected chi connectivity index (χ1v) is 4.29. The summed E-state index contributed by atoms with van der Waals surface area (Å²) in [6.07, 6.45) is 4.97. The molecule has 1 fully saturated rings. The first-order valence-electron chi connectivity index (χ1n) is 3.00. The maximum atomic E-state index is 10.1. The van der Waals surface area contributed by atoms with Gasteiger partial charge in [0.25, 0.3) is 0 Å². The molecule has 0 amide bonds. The summed E-state index contributed by atoms with van der Waals surface area (Å²) in [5.41, 5.74) is 0. The summed E-state index contributed by atoms with van der Waals surface area (Å²) in [5.74, 6) is 0. The molecule has 1 N–H and O–H groups in total. The zero-order valence-corrected chi connectivity index (χ0v) is 6.20. The Morgan fingerprint density at radius 1 is 1.78 bits per heavy atom. The first kappa shape index (κ1) is 7.09. The summed E-state index contributed by atoms with van der Waals surface area (Å²) < 4.78 is 0. The van der Waals surface area contributed by atoms with Gasteiger partial charge >= 0.3 is 0 Å². The van der Waals surface area contributed by atoms with E-state index in [4.69, 9.17) is 0 Å². The van der Waals surface area contributed by atoms with Crippen LogP contribution in [0.4, 0.5) is 0 Å². The topological polar surface area (TPSA) is 29.1 Å². The van der Waals surface area contributed by atoms with Gasteiger partial charge in [-0.2, -0.15) is 11.8 Å². The second kappa shape index (κ2) is 3.22. The zero-order valence-electron chi connectivity index (χ0n) is 5.39. The summed E-state index contributed by atoms with van der Waals surface area (Å²) in [6.45, 7) is 0.959. The fourth-order valence-electron chi connectivity index (χ4n) is 0.973. The summed E-state index contributed by atoms with van der Waals surface area (Å²) in [7, 11) is 0. The van der Waals surface area contributed by atoms with Gasteiger partial charge in [0, 0.05) is 11.8 Å². The monoisotopic (exact) mass is 144 g/mol. The van der Waals surface area contributed by atoms with E-state index in [0.29, 0.717) is 5.25 Å². The van der Waals surface area contributed by atoms with Gasteiger partial charge < -0.3 is 5.32 Å². The van der Waals surface area contributed by atoms with Gasteiger partial charge in [0.1, 0.15) is 0 Å². The van der Waals surface area contributed by atoms with E-state index in [9.17, 15) is 4.79 Å². The van der Waals surface area contributed by atoms with Gasteiger partial charge in [-0.05, 0) is 12.7 Å². The van der Waals surface area contributed by atoms with Crippen LogP contribution in [0.1, 0.15) is 6.42 Å². The molecule has 1 saturated heterocycles. The summed E-state index contributed by atoms with van der Waals surface area (Å²) >= 11 is 1.81. The molecule has 1 rings (SSSR count). The van der Waals surface area contributed by atoms with Crippen LogP contribution < -0.4 is 5.32 Å². The molecule has 1 radical (unpaired) electrons. The van der Waals surface area contributed by atoms with Crippen LogP contribution in [0.15, 0.2) is 0 Å². The van der Waals surface area contributed by atoms with Crippen molar-refractivity contribution < 1.29 is 4.79 Å². The van der Waals surface area contributed by atoms with Crippen LogP contribution in [0.5, 0.6) is 0 Å². The van der Waals surface area contributed by atoms with E-state index < -0.39 is 0 Å². The van der Waals surface area contributed by atoms with Gasteiger partial charge in [-0.3, -0.25) is 4.79 Å². The fraction of sp³-hybridized carbons (Fsp3) is 0.833. The minimum absolute atomic E-state index is 0.00227. The Morgan fingerprint density at radius 3 is 2.89 bits per heavy atom. The van der Waals surface area contributed by atoms with E-state index in [2.05, 4.69) is 11.6 Å². The van der Waals surface area contributed by atoms with Crippen LogP contribution in [0, 0.1) is 0 Å². The minimum atomic E-state index is 0.00227. The number of thioether (sulfide) groups is 1. The van der Waals surface area contributed by atoms with Crippen molar-refractivity contribution in [3.8, 4) is 0 Å².